The molecule has 214 valence electrons. The fourth-order valence-corrected chi connectivity index (χ4v) is 5.25. The minimum Gasteiger partial charge on any atom is -0.351 e. The molecule has 0 unspecified atom stereocenters. The summed E-state index contributed by atoms with van der Waals surface area (Å²) in [5.41, 5.74) is 1.85. The summed E-state index contributed by atoms with van der Waals surface area (Å²) in [4.78, 5) is 17.3. The smallest absolute Gasteiger partial charge is 0.351 e. The Morgan fingerprint density at radius 1 is 0.976 bits per heavy atom. The van der Waals surface area contributed by atoms with Crippen LogP contribution in [0.3, 0.4) is 0 Å². The van der Waals surface area contributed by atoms with Gasteiger partial charge in [0.05, 0.1) is 24.4 Å². The third kappa shape index (κ3) is 5.60. The van der Waals surface area contributed by atoms with E-state index in [1.54, 1.807) is 23.4 Å². The summed E-state index contributed by atoms with van der Waals surface area (Å²) in [6.45, 7) is -0.733. The maximum atomic E-state index is 13.7. The van der Waals surface area contributed by atoms with Crippen LogP contribution in [0.4, 0.5) is 27.9 Å². The number of anilines is 1. The molecule has 0 bridgehead atoms. The molecular weight excluding hydrogens is 547 g/mol. The molecule has 0 aromatic carbocycles. The number of rotatable bonds is 7. The highest BCUT2D eigenvalue weighted by Crippen LogP contribution is 2.37. The van der Waals surface area contributed by atoms with E-state index in [4.69, 9.17) is 0 Å². The van der Waals surface area contributed by atoms with Crippen LogP contribution in [0.25, 0.3) is 33.5 Å². The summed E-state index contributed by atoms with van der Waals surface area (Å²) in [6.07, 6.45) is 5.90. The Balaban J connectivity index is 1.22. The van der Waals surface area contributed by atoms with Gasteiger partial charge in [-0.15, -0.1) is 0 Å². The number of nitrogens with zero attached hydrogens (tertiary/aromatic N) is 9. The second kappa shape index (κ2) is 10.5. The Morgan fingerprint density at radius 2 is 1.80 bits per heavy atom. The zero-order chi connectivity index (χ0) is 28.7. The maximum Gasteiger partial charge on any atom is 0.419 e. The second-order valence-corrected chi connectivity index (χ2v) is 10.1. The molecule has 1 N–H and O–H groups in total. The van der Waals surface area contributed by atoms with Crippen LogP contribution in [-0.4, -0.2) is 56.5 Å². The van der Waals surface area contributed by atoms with Crippen molar-refractivity contribution < 1.29 is 22.0 Å². The number of aromatic nitrogens is 9. The summed E-state index contributed by atoms with van der Waals surface area (Å²) in [7, 11) is 1.85. The molecule has 2 atom stereocenters. The van der Waals surface area contributed by atoms with E-state index in [0.717, 1.165) is 58.6 Å². The summed E-state index contributed by atoms with van der Waals surface area (Å²) in [5, 5.41) is 11.1. The van der Waals surface area contributed by atoms with Gasteiger partial charge in [0.15, 0.2) is 5.65 Å². The maximum absolute atomic E-state index is 13.7. The van der Waals surface area contributed by atoms with Gasteiger partial charge in [-0.2, -0.15) is 23.4 Å². The lowest BCUT2D eigenvalue weighted by atomic mass is 9.91. The highest BCUT2D eigenvalue weighted by Gasteiger charge is 2.36. The Labute approximate surface area is 230 Å². The molecule has 41 heavy (non-hydrogen) atoms. The molecule has 1 saturated carbocycles. The number of hydrogen-bond acceptors (Lipinski definition) is 7. The number of aryl methyl sites for hydroxylation is 1. The first-order valence-corrected chi connectivity index (χ1v) is 13.0. The molecule has 6 rings (SSSR count). The van der Waals surface area contributed by atoms with Gasteiger partial charge in [-0.1, -0.05) is 0 Å². The first-order valence-electron chi connectivity index (χ1n) is 13.0. The molecule has 5 heterocycles. The summed E-state index contributed by atoms with van der Waals surface area (Å²) >= 11 is 0. The zero-order valence-electron chi connectivity index (χ0n) is 21.8. The van der Waals surface area contributed by atoms with E-state index in [-0.39, 0.29) is 23.6 Å². The standard InChI is InChI=1S/C26H25F5N10/c1-39-11-16(8-35-39)15-5-21-24(32-7-15)41(14-34-21)19-4-2-3-18(6-19)37-25-33-10-20(26(29,30)31)23(38-25)17-9-36-40(12-17)13-22(27)28/h5,7-12,14,18-19,22H,2-4,6,13H2,1H3,(H,33,37,38)/t18-,19+/m1/s1. The molecule has 5 aromatic rings. The van der Waals surface area contributed by atoms with E-state index < -0.39 is 30.4 Å². The number of hydrogen-bond donors (Lipinski definition) is 1. The van der Waals surface area contributed by atoms with Gasteiger partial charge >= 0.3 is 6.18 Å². The minimum absolute atomic E-state index is 0.0217. The molecule has 15 heteroatoms. The van der Waals surface area contributed by atoms with Crippen LogP contribution >= 0.6 is 0 Å². The third-order valence-electron chi connectivity index (χ3n) is 7.15. The molecule has 0 spiro atoms. The van der Waals surface area contributed by atoms with Crippen LogP contribution in [-0.2, 0) is 19.8 Å². The van der Waals surface area contributed by atoms with Crippen molar-refractivity contribution in [3.8, 4) is 22.4 Å². The predicted molar refractivity (Wildman–Crippen MR) is 139 cm³/mol. The first kappa shape index (κ1) is 26.8. The lowest BCUT2D eigenvalue weighted by molar-refractivity contribution is -0.137. The molecule has 1 aliphatic carbocycles. The molecule has 5 aromatic heterocycles. The van der Waals surface area contributed by atoms with Gasteiger partial charge in [0.25, 0.3) is 6.43 Å². The topological polar surface area (TPSA) is 104 Å². The van der Waals surface area contributed by atoms with Crippen LogP contribution in [0.2, 0.25) is 0 Å². The number of fused-ring (bicyclic) bond motifs is 1. The monoisotopic (exact) mass is 572 g/mol. The molecule has 10 nitrogen and oxygen atoms in total. The summed E-state index contributed by atoms with van der Waals surface area (Å²) < 4.78 is 71.3. The number of nitrogens with one attached hydrogen (secondary N) is 1. The first-order chi connectivity index (χ1) is 19.6. The van der Waals surface area contributed by atoms with E-state index in [0.29, 0.717) is 12.6 Å². The van der Waals surface area contributed by atoms with E-state index in [1.165, 1.54) is 0 Å². The highest BCUT2D eigenvalue weighted by atomic mass is 19.4. The third-order valence-corrected chi connectivity index (χ3v) is 7.15. The Bertz CT molecular complexity index is 1670. The van der Waals surface area contributed by atoms with E-state index in [9.17, 15) is 22.0 Å². The van der Waals surface area contributed by atoms with Gasteiger partial charge in [0, 0.05) is 60.6 Å². The van der Waals surface area contributed by atoms with Gasteiger partial charge in [-0.3, -0.25) is 9.36 Å². The number of halogens is 5. The molecule has 0 amide bonds. The Hall–Kier alpha value is -4.43. The zero-order valence-corrected chi connectivity index (χ0v) is 21.8. The Kier molecular flexibility index (Phi) is 6.87. The van der Waals surface area contributed by atoms with Crippen LogP contribution in [0, 0.1) is 0 Å². The lowest BCUT2D eigenvalue weighted by Crippen LogP contribution is -2.29. The van der Waals surface area contributed by atoms with Gasteiger partial charge in [-0.05, 0) is 31.7 Å². The molecule has 1 fully saturated rings. The molecule has 0 aliphatic heterocycles. The van der Waals surface area contributed by atoms with Crippen molar-refractivity contribution in [1.29, 1.82) is 0 Å². The van der Waals surface area contributed by atoms with Crippen molar-refractivity contribution in [2.75, 3.05) is 5.32 Å². The average molecular weight is 573 g/mol. The summed E-state index contributed by atoms with van der Waals surface area (Å²) in [5.74, 6) is 0.0231. The van der Waals surface area contributed by atoms with Gasteiger partial charge in [-0.25, -0.2) is 28.7 Å². The quantitative estimate of drug-likeness (QED) is 0.262. The van der Waals surface area contributed by atoms with Gasteiger partial charge < -0.3 is 9.88 Å². The number of pyridine rings is 1. The van der Waals surface area contributed by atoms with Crippen molar-refractivity contribution in [1.82, 2.24) is 44.1 Å². The van der Waals surface area contributed by atoms with Crippen molar-refractivity contribution in [3.63, 3.8) is 0 Å². The molecule has 1 aliphatic rings. The lowest BCUT2D eigenvalue weighted by Gasteiger charge is -2.30. The number of alkyl halides is 5. The van der Waals surface area contributed by atoms with Crippen LogP contribution in [0.1, 0.15) is 37.3 Å². The van der Waals surface area contributed by atoms with E-state index in [2.05, 4.69) is 35.5 Å². The van der Waals surface area contributed by atoms with Gasteiger partial charge in [0.1, 0.15) is 17.6 Å². The van der Waals surface area contributed by atoms with Crippen molar-refractivity contribution in [2.45, 2.75) is 56.9 Å². The highest BCUT2D eigenvalue weighted by molar-refractivity contribution is 5.78. The Morgan fingerprint density at radius 3 is 2.56 bits per heavy atom. The van der Waals surface area contributed by atoms with Crippen molar-refractivity contribution in [2.24, 2.45) is 7.05 Å². The van der Waals surface area contributed by atoms with Crippen molar-refractivity contribution in [3.05, 3.63) is 55.1 Å². The average Bonchev–Trinajstić information content (AvgIpc) is 3.67. The second-order valence-electron chi connectivity index (χ2n) is 10.1. The summed E-state index contributed by atoms with van der Waals surface area (Å²) in [6, 6.07) is 1.91. The van der Waals surface area contributed by atoms with Crippen LogP contribution < -0.4 is 5.32 Å². The fourth-order valence-electron chi connectivity index (χ4n) is 5.25. The SMILES string of the molecule is Cn1cc(-c2cnc3c(c2)ncn3[C@H]2CCC[C@@H](Nc3ncc(C(F)(F)F)c(-c4cnn(CC(F)F)c4)n3)C2)cn1. The normalized spacial score (nSPS) is 17.9. The van der Waals surface area contributed by atoms with Crippen LogP contribution in [0.15, 0.2) is 49.6 Å². The van der Waals surface area contributed by atoms with Crippen LogP contribution in [0.5, 0.6) is 0 Å². The molecule has 0 saturated heterocycles. The van der Waals surface area contributed by atoms with E-state index in [1.807, 2.05) is 23.9 Å². The van der Waals surface area contributed by atoms with E-state index >= 15 is 0 Å². The van der Waals surface area contributed by atoms with Gasteiger partial charge in [0.2, 0.25) is 5.95 Å². The van der Waals surface area contributed by atoms with Crippen molar-refractivity contribution >= 4 is 17.1 Å². The molecular formula is C26H25F5N10. The minimum atomic E-state index is -4.74. The fraction of sp³-hybridized carbons (Fsp3) is 0.385. The molecule has 0 radical (unpaired) electrons. The predicted octanol–water partition coefficient (Wildman–Crippen LogP) is 5.37. The largest absolute Gasteiger partial charge is 0.419 e. The number of imidazole rings is 1.